The van der Waals surface area contributed by atoms with Gasteiger partial charge in [0.15, 0.2) is 0 Å². The van der Waals surface area contributed by atoms with E-state index in [1.54, 1.807) is 0 Å². The van der Waals surface area contributed by atoms with Crippen LogP contribution in [-0.4, -0.2) is 4.92 Å². The summed E-state index contributed by atoms with van der Waals surface area (Å²) in [5.41, 5.74) is -0.354. The lowest BCUT2D eigenvalue weighted by molar-refractivity contribution is -0.387. The fourth-order valence-electron chi connectivity index (χ4n) is 1.61. The van der Waals surface area contributed by atoms with Crippen LogP contribution in [0.1, 0.15) is 5.56 Å². The van der Waals surface area contributed by atoms with Crippen molar-refractivity contribution in [2.75, 3.05) is 5.32 Å². The van der Waals surface area contributed by atoms with Crippen LogP contribution in [0.25, 0.3) is 0 Å². The van der Waals surface area contributed by atoms with Gasteiger partial charge in [0.25, 0.3) is 0 Å². The summed E-state index contributed by atoms with van der Waals surface area (Å²) in [7, 11) is 0. The van der Waals surface area contributed by atoms with Crippen LogP contribution < -0.4 is 5.32 Å². The van der Waals surface area contributed by atoms with Crippen LogP contribution in [0, 0.1) is 27.6 Å². The van der Waals surface area contributed by atoms with Gasteiger partial charge in [0, 0.05) is 18.7 Å². The number of hydrogen-bond donors (Lipinski definition) is 1. The Morgan fingerprint density at radius 3 is 2.30 bits per heavy atom. The smallest absolute Gasteiger partial charge is 0.307 e. The fraction of sp³-hybridized carbons (Fsp3) is 0.0769. The second kappa shape index (κ2) is 5.60. The second-order valence-electron chi connectivity index (χ2n) is 4.02. The van der Waals surface area contributed by atoms with Crippen molar-refractivity contribution in [3.05, 3.63) is 69.5 Å². The van der Waals surface area contributed by atoms with Gasteiger partial charge in [-0.2, -0.15) is 4.39 Å². The number of halogens is 3. The molecular weight excluding hydrogens is 273 g/mol. The van der Waals surface area contributed by atoms with Gasteiger partial charge in [0.05, 0.1) is 10.6 Å². The SMILES string of the molecule is O=[N+]([O-])c1cc(NCc2ccc(F)cc2)c(F)cc1F. The van der Waals surface area contributed by atoms with Gasteiger partial charge in [-0.05, 0) is 17.7 Å². The van der Waals surface area contributed by atoms with E-state index in [4.69, 9.17) is 0 Å². The number of hydrogen-bond acceptors (Lipinski definition) is 3. The molecule has 0 amide bonds. The van der Waals surface area contributed by atoms with Crippen molar-refractivity contribution >= 4 is 11.4 Å². The quantitative estimate of drug-likeness (QED) is 0.688. The van der Waals surface area contributed by atoms with E-state index in [2.05, 4.69) is 5.32 Å². The maximum Gasteiger partial charge on any atom is 0.307 e. The number of nitro benzene ring substituents is 1. The molecule has 0 radical (unpaired) electrons. The first-order chi connectivity index (χ1) is 9.47. The molecule has 7 heteroatoms. The Hall–Kier alpha value is -2.57. The van der Waals surface area contributed by atoms with Crippen molar-refractivity contribution < 1.29 is 18.1 Å². The summed E-state index contributed by atoms with van der Waals surface area (Å²) in [5.74, 6) is -2.58. The zero-order valence-corrected chi connectivity index (χ0v) is 10.1. The average molecular weight is 282 g/mol. The molecule has 0 aliphatic heterocycles. The van der Waals surface area contributed by atoms with E-state index < -0.39 is 28.1 Å². The highest BCUT2D eigenvalue weighted by Crippen LogP contribution is 2.25. The van der Waals surface area contributed by atoms with Gasteiger partial charge in [0.1, 0.15) is 11.6 Å². The largest absolute Gasteiger partial charge is 0.378 e. The molecule has 0 atom stereocenters. The lowest BCUT2D eigenvalue weighted by atomic mass is 10.2. The van der Waals surface area contributed by atoms with Crippen molar-refractivity contribution in [1.82, 2.24) is 0 Å². The standard InChI is InChI=1S/C13H9F3N2O2/c14-9-3-1-8(2-4-9)7-17-12-6-13(18(19)20)11(16)5-10(12)15/h1-6,17H,7H2. The summed E-state index contributed by atoms with van der Waals surface area (Å²) in [6.07, 6.45) is 0. The monoisotopic (exact) mass is 282 g/mol. The molecule has 0 bridgehead atoms. The number of nitrogens with one attached hydrogen (secondary N) is 1. The summed E-state index contributed by atoms with van der Waals surface area (Å²) in [4.78, 5) is 9.64. The molecule has 0 unspecified atom stereocenters. The van der Waals surface area contributed by atoms with Crippen molar-refractivity contribution in [2.45, 2.75) is 6.54 Å². The number of rotatable bonds is 4. The van der Waals surface area contributed by atoms with Crippen LogP contribution in [0.2, 0.25) is 0 Å². The highest BCUT2D eigenvalue weighted by atomic mass is 19.1. The molecule has 0 saturated heterocycles. The highest BCUT2D eigenvalue weighted by Gasteiger charge is 2.18. The minimum atomic E-state index is -1.24. The van der Waals surface area contributed by atoms with Crippen LogP contribution in [0.3, 0.4) is 0 Å². The van der Waals surface area contributed by atoms with Crippen molar-refractivity contribution in [1.29, 1.82) is 0 Å². The Balaban J connectivity index is 2.18. The van der Waals surface area contributed by atoms with Gasteiger partial charge in [-0.15, -0.1) is 0 Å². The maximum absolute atomic E-state index is 13.5. The number of nitro groups is 1. The number of benzene rings is 2. The number of anilines is 1. The summed E-state index contributed by atoms with van der Waals surface area (Å²) < 4.78 is 39.3. The van der Waals surface area contributed by atoms with E-state index in [0.717, 1.165) is 6.07 Å². The first-order valence-corrected chi connectivity index (χ1v) is 5.59. The Kier molecular flexibility index (Phi) is 3.88. The zero-order valence-electron chi connectivity index (χ0n) is 10.1. The third-order valence-corrected chi connectivity index (χ3v) is 2.63. The van der Waals surface area contributed by atoms with Crippen molar-refractivity contribution in [3.8, 4) is 0 Å². The van der Waals surface area contributed by atoms with E-state index >= 15 is 0 Å². The molecule has 20 heavy (non-hydrogen) atoms. The molecule has 104 valence electrons. The van der Waals surface area contributed by atoms with Crippen LogP contribution in [0.4, 0.5) is 24.5 Å². The topological polar surface area (TPSA) is 55.2 Å². The fourth-order valence-corrected chi connectivity index (χ4v) is 1.61. The van der Waals surface area contributed by atoms with E-state index in [0.29, 0.717) is 11.6 Å². The van der Waals surface area contributed by atoms with Gasteiger partial charge in [-0.3, -0.25) is 10.1 Å². The maximum atomic E-state index is 13.5. The minimum absolute atomic E-state index is 0.125. The number of nitrogens with zero attached hydrogens (tertiary/aromatic N) is 1. The summed E-state index contributed by atoms with van der Waals surface area (Å²) >= 11 is 0. The van der Waals surface area contributed by atoms with Gasteiger partial charge >= 0.3 is 5.69 Å². The van der Waals surface area contributed by atoms with Gasteiger partial charge in [-0.25, -0.2) is 8.78 Å². The Bertz CT molecular complexity index is 645. The predicted molar refractivity (Wildman–Crippen MR) is 66.7 cm³/mol. The Labute approximate surface area is 112 Å². The van der Waals surface area contributed by atoms with Crippen LogP contribution in [0.15, 0.2) is 36.4 Å². The molecule has 0 fully saturated rings. The van der Waals surface area contributed by atoms with Gasteiger partial charge in [-0.1, -0.05) is 12.1 Å². The molecule has 1 N–H and O–H groups in total. The molecule has 0 spiro atoms. The first kappa shape index (κ1) is 13.9. The first-order valence-electron chi connectivity index (χ1n) is 5.59. The summed E-state index contributed by atoms with van der Waals surface area (Å²) in [6.45, 7) is 0.125. The molecule has 2 rings (SSSR count). The Morgan fingerprint density at radius 1 is 1.05 bits per heavy atom. The van der Waals surface area contributed by atoms with Crippen molar-refractivity contribution in [2.24, 2.45) is 0 Å². The summed E-state index contributed by atoms with van der Waals surface area (Å²) in [6, 6.07) is 6.68. The van der Waals surface area contributed by atoms with E-state index in [9.17, 15) is 23.3 Å². The van der Waals surface area contributed by atoms with Gasteiger partial charge < -0.3 is 5.32 Å². The van der Waals surface area contributed by atoms with Gasteiger partial charge in [0.2, 0.25) is 5.82 Å². The summed E-state index contributed by atoms with van der Waals surface area (Å²) in [5, 5.41) is 13.2. The second-order valence-corrected chi connectivity index (χ2v) is 4.02. The molecule has 0 aliphatic rings. The molecular formula is C13H9F3N2O2. The Morgan fingerprint density at radius 2 is 1.70 bits per heavy atom. The van der Waals surface area contributed by atoms with Crippen LogP contribution in [0.5, 0.6) is 0 Å². The lowest BCUT2D eigenvalue weighted by Gasteiger charge is -2.08. The molecule has 0 heterocycles. The van der Waals surface area contributed by atoms with Crippen LogP contribution >= 0.6 is 0 Å². The van der Waals surface area contributed by atoms with Crippen molar-refractivity contribution in [3.63, 3.8) is 0 Å². The molecule has 2 aromatic rings. The molecule has 0 aliphatic carbocycles. The average Bonchev–Trinajstić information content (AvgIpc) is 2.39. The minimum Gasteiger partial charge on any atom is -0.378 e. The molecule has 4 nitrogen and oxygen atoms in total. The third kappa shape index (κ3) is 3.05. The third-order valence-electron chi connectivity index (χ3n) is 2.63. The predicted octanol–water partition coefficient (Wildman–Crippen LogP) is 3.62. The molecule has 2 aromatic carbocycles. The van der Waals surface area contributed by atoms with E-state index in [1.165, 1.54) is 24.3 Å². The highest BCUT2D eigenvalue weighted by molar-refractivity contribution is 5.53. The van der Waals surface area contributed by atoms with Crippen LogP contribution in [-0.2, 0) is 6.54 Å². The lowest BCUT2D eigenvalue weighted by Crippen LogP contribution is -2.03. The zero-order chi connectivity index (χ0) is 14.7. The molecule has 0 saturated carbocycles. The van der Waals surface area contributed by atoms with E-state index in [-0.39, 0.29) is 12.2 Å². The van der Waals surface area contributed by atoms with E-state index in [1.807, 2.05) is 0 Å². The molecule has 0 aromatic heterocycles. The normalized spacial score (nSPS) is 10.3.